The summed E-state index contributed by atoms with van der Waals surface area (Å²) in [6.45, 7) is 8.95. The van der Waals surface area contributed by atoms with E-state index in [4.69, 9.17) is 9.57 Å². The molecule has 22 heavy (non-hydrogen) atoms. The number of rotatable bonds is 6. The Bertz CT molecular complexity index is 558. The first-order chi connectivity index (χ1) is 10.5. The Balaban J connectivity index is 1.87. The second kappa shape index (κ2) is 7.40. The Morgan fingerprint density at radius 2 is 2.09 bits per heavy atom. The second-order valence-corrected chi connectivity index (χ2v) is 5.73. The van der Waals surface area contributed by atoms with Gasteiger partial charge < -0.3 is 14.9 Å². The summed E-state index contributed by atoms with van der Waals surface area (Å²) in [7, 11) is 0. The molecule has 120 valence electrons. The maximum atomic E-state index is 11.1. The summed E-state index contributed by atoms with van der Waals surface area (Å²) in [5, 5.41) is 7.45. The summed E-state index contributed by atoms with van der Waals surface area (Å²) >= 11 is 0. The van der Waals surface area contributed by atoms with Gasteiger partial charge in [0.05, 0.1) is 5.71 Å². The minimum atomic E-state index is -0.290. The Hall–Kier alpha value is -1.88. The summed E-state index contributed by atoms with van der Waals surface area (Å²) in [5.41, 5.74) is 4.24. The number of oxime groups is 1. The van der Waals surface area contributed by atoms with E-state index in [1.807, 2.05) is 26.0 Å². The zero-order chi connectivity index (χ0) is 16.1. The summed E-state index contributed by atoms with van der Waals surface area (Å²) in [5.74, 6) is 0.374. The Kier molecular flexibility index (Phi) is 5.55. The van der Waals surface area contributed by atoms with Gasteiger partial charge >= 0.3 is 5.97 Å². The van der Waals surface area contributed by atoms with Crippen LogP contribution in [0.1, 0.15) is 43.4 Å². The fourth-order valence-corrected chi connectivity index (χ4v) is 2.63. The van der Waals surface area contributed by atoms with Crippen LogP contribution in [-0.4, -0.2) is 24.3 Å². The van der Waals surface area contributed by atoms with Crippen LogP contribution >= 0.6 is 0 Å². The summed E-state index contributed by atoms with van der Waals surface area (Å²) < 4.78 is 5.25. The van der Waals surface area contributed by atoms with Crippen LogP contribution in [0.25, 0.3) is 0 Å². The molecule has 0 aliphatic carbocycles. The number of hydrogen-bond acceptors (Lipinski definition) is 5. The lowest BCUT2D eigenvalue weighted by Crippen LogP contribution is -2.26. The molecule has 5 heteroatoms. The van der Waals surface area contributed by atoms with Crippen LogP contribution in [0.15, 0.2) is 17.3 Å². The SMILES string of the molecule is CCC1=NOC(CNCc2cc(C)c(OC(C)=O)c(C)c2)C1. The van der Waals surface area contributed by atoms with Crippen molar-refractivity contribution in [3.63, 3.8) is 0 Å². The van der Waals surface area contributed by atoms with Crippen LogP contribution in [0.2, 0.25) is 0 Å². The Morgan fingerprint density at radius 1 is 1.41 bits per heavy atom. The number of ether oxygens (including phenoxy) is 1. The molecule has 0 bridgehead atoms. The molecule has 0 fully saturated rings. The van der Waals surface area contributed by atoms with Crippen LogP contribution in [-0.2, 0) is 16.2 Å². The second-order valence-electron chi connectivity index (χ2n) is 5.73. The average molecular weight is 304 g/mol. The maximum absolute atomic E-state index is 11.1. The predicted octanol–water partition coefficient (Wildman–Crippen LogP) is 2.87. The number of aryl methyl sites for hydroxylation is 2. The molecular formula is C17H24N2O3. The third kappa shape index (κ3) is 4.31. The minimum absolute atomic E-state index is 0.137. The van der Waals surface area contributed by atoms with Gasteiger partial charge in [0.25, 0.3) is 0 Å². The van der Waals surface area contributed by atoms with Gasteiger partial charge in [0.1, 0.15) is 11.9 Å². The van der Waals surface area contributed by atoms with Crippen molar-refractivity contribution in [3.05, 3.63) is 28.8 Å². The van der Waals surface area contributed by atoms with E-state index in [9.17, 15) is 4.79 Å². The van der Waals surface area contributed by atoms with Crippen molar-refractivity contribution in [2.75, 3.05) is 6.54 Å². The van der Waals surface area contributed by atoms with Crippen LogP contribution in [0.5, 0.6) is 5.75 Å². The van der Waals surface area contributed by atoms with Crippen molar-refractivity contribution in [1.82, 2.24) is 5.32 Å². The van der Waals surface area contributed by atoms with Crippen molar-refractivity contribution in [3.8, 4) is 5.75 Å². The van der Waals surface area contributed by atoms with Crippen molar-refractivity contribution in [1.29, 1.82) is 0 Å². The van der Waals surface area contributed by atoms with E-state index in [1.54, 1.807) is 0 Å². The van der Waals surface area contributed by atoms with E-state index in [2.05, 4.69) is 17.4 Å². The molecule has 1 atom stereocenters. The van der Waals surface area contributed by atoms with Gasteiger partial charge in [-0.2, -0.15) is 0 Å². The molecular weight excluding hydrogens is 280 g/mol. The van der Waals surface area contributed by atoms with Crippen LogP contribution in [0.3, 0.4) is 0 Å². The molecule has 1 aromatic rings. The van der Waals surface area contributed by atoms with E-state index in [1.165, 1.54) is 12.5 Å². The van der Waals surface area contributed by atoms with E-state index in [0.29, 0.717) is 5.75 Å². The highest BCUT2D eigenvalue weighted by Crippen LogP contribution is 2.25. The highest BCUT2D eigenvalue weighted by molar-refractivity contribution is 5.85. The smallest absolute Gasteiger partial charge is 0.308 e. The van der Waals surface area contributed by atoms with Crippen molar-refractivity contribution in [2.45, 2.75) is 53.2 Å². The van der Waals surface area contributed by atoms with Gasteiger partial charge in [-0.3, -0.25) is 4.79 Å². The molecule has 1 aliphatic rings. The molecule has 0 aromatic heterocycles. The van der Waals surface area contributed by atoms with Crippen LogP contribution < -0.4 is 10.1 Å². The molecule has 0 amide bonds. The van der Waals surface area contributed by atoms with Crippen LogP contribution in [0, 0.1) is 13.8 Å². The number of carbonyl (C=O) groups excluding carboxylic acids is 1. The topological polar surface area (TPSA) is 59.9 Å². The van der Waals surface area contributed by atoms with Crippen molar-refractivity contribution in [2.24, 2.45) is 5.16 Å². The first-order valence-electron chi connectivity index (χ1n) is 7.70. The monoisotopic (exact) mass is 304 g/mol. The molecule has 0 spiro atoms. The molecule has 1 unspecified atom stereocenters. The molecule has 1 aromatic carbocycles. The fourth-order valence-electron chi connectivity index (χ4n) is 2.63. The van der Waals surface area contributed by atoms with E-state index in [0.717, 1.165) is 42.8 Å². The zero-order valence-corrected chi connectivity index (χ0v) is 13.7. The highest BCUT2D eigenvalue weighted by atomic mass is 16.6. The largest absolute Gasteiger partial charge is 0.426 e. The van der Waals surface area contributed by atoms with E-state index in [-0.39, 0.29) is 12.1 Å². The number of carbonyl (C=O) groups is 1. The highest BCUT2D eigenvalue weighted by Gasteiger charge is 2.19. The molecule has 1 heterocycles. The Labute approximate surface area is 131 Å². The lowest BCUT2D eigenvalue weighted by molar-refractivity contribution is -0.131. The maximum Gasteiger partial charge on any atom is 0.308 e. The van der Waals surface area contributed by atoms with Crippen LogP contribution in [0.4, 0.5) is 0 Å². The van der Waals surface area contributed by atoms with Gasteiger partial charge in [0.2, 0.25) is 0 Å². The Morgan fingerprint density at radius 3 is 2.64 bits per heavy atom. The fraction of sp³-hybridized carbons (Fsp3) is 0.529. The average Bonchev–Trinajstić information content (AvgIpc) is 2.91. The van der Waals surface area contributed by atoms with Gasteiger partial charge in [0.15, 0.2) is 0 Å². The third-order valence-corrected chi connectivity index (χ3v) is 3.67. The predicted molar refractivity (Wildman–Crippen MR) is 86.1 cm³/mol. The molecule has 5 nitrogen and oxygen atoms in total. The zero-order valence-electron chi connectivity index (χ0n) is 13.7. The molecule has 1 N–H and O–H groups in total. The van der Waals surface area contributed by atoms with Gasteiger partial charge in [-0.1, -0.05) is 24.2 Å². The molecule has 0 saturated heterocycles. The number of esters is 1. The summed E-state index contributed by atoms with van der Waals surface area (Å²) in [6, 6.07) is 4.09. The number of benzene rings is 1. The number of hydrogen-bond donors (Lipinski definition) is 1. The molecule has 1 aliphatic heterocycles. The number of nitrogens with one attached hydrogen (secondary N) is 1. The molecule has 0 radical (unpaired) electrons. The molecule has 0 saturated carbocycles. The third-order valence-electron chi connectivity index (χ3n) is 3.67. The first-order valence-corrected chi connectivity index (χ1v) is 7.70. The van der Waals surface area contributed by atoms with Crippen molar-refractivity contribution >= 4 is 11.7 Å². The van der Waals surface area contributed by atoms with Gasteiger partial charge in [0, 0.05) is 26.4 Å². The quantitative estimate of drug-likeness (QED) is 0.648. The van der Waals surface area contributed by atoms with E-state index >= 15 is 0 Å². The standard InChI is InChI=1S/C17H24N2O3/c1-5-15-8-16(22-19-15)10-18-9-14-6-11(2)17(12(3)7-14)21-13(4)20/h6-7,16,18H,5,8-10H2,1-4H3. The first kappa shape index (κ1) is 16.5. The van der Waals surface area contributed by atoms with Gasteiger partial charge in [-0.25, -0.2) is 0 Å². The number of nitrogens with zero attached hydrogens (tertiary/aromatic N) is 1. The molecule has 2 rings (SSSR count). The normalized spacial score (nSPS) is 17.1. The summed E-state index contributed by atoms with van der Waals surface area (Å²) in [4.78, 5) is 16.5. The van der Waals surface area contributed by atoms with Crippen molar-refractivity contribution < 1.29 is 14.4 Å². The minimum Gasteiger partial charge on any atom is -0.426 e. The van der Waals surface area contributed by atoms with Gasteiger partial charge in [-0.05, 0) is 37.0 Å². The lowest BCUT2D eigenvalue weighted by atomic mass is 10.1. The lowest BCUT2D eigenvalue weighted by Gasteiger charge is -2.13. The summed E-state index contributed by atoms with van der Waals surface area (Å²) in [6.07, 6.45) is 2.00. The van der Waals surface area contributed by atoms with Gasteiger partial charge in [-0.15, -0.1) is 0 Å². The van der Waals surface area contributed by atoms with E-state index < -0.39 is 0 Å².